The van der Waals surface area contributed by atoms with Gasteiger partial charge in [0.05, 0.1) is 9.82 Å². The second kappa shape index (κ2) is 8.75. The second-order valence-corrected chi connectivity index (χ2v) is 9.81. The average Bonchev–Trinajstić information content (AvgIpc) is 2.69. The van der Waals surface area contributed by atoms with Crippen LogP contribution in [0.2, 0.25) is 0 Å². The van der Waals surface area contributed by atoms with E-state index in [4.69, 9.17) is 0 Å². The van der Waals surface area contributed by atoms with E-state index in [1.807, 2.05) is 4.90 Å². The van der Waals surface area contributed by atoms with Crippen LogP contribution in [0.1, 0.15) is 45.4 Å². The lowest BCUT2D eigenvalue weighted by molar-refractivity contribution is -0.384. The molecule has 1 heterocycles. The summed E-state index contributed by atoms with van der Waals surface area (Å²) in [5.41, 5.74) is 0.245. The normalized spacial score (nSPS) is 24.3. The largest absolute Gasteiger partial charge is 0.396 e. The molecule has 2 fully saturated rings. The number of piperidine rings is 1. The summed E-state index contributed by atoms with van der Waals surface area (Å²) in [6.07, 6.45) is 5.07. The summed E-state index contributed by atoms with van der Waals surface area (Å²) in [4.78, 5) is 12.9. The number of aliphatic hydroxyl groups excluding tert-OH is 1. The maximum atomic E-state index is 12.8. The van der Waals surface area contributed by atoms with Crippen molar-refractivity contribution in [3.05, 3.63) is 28.3 Å². The maximum absolute atomic E-state index is 12.8. The van der Waals surface area contributed by atoms with Crippen LogP contribution in [0.3, 0.4) is 0 Å². The smallest absolute Gasteiger partial charge is 0.293 e. The van der Waals surface area contributed by atoms with E-state index in [9.17, 15) is 23.6 Å². The quantitative estimate of drug-likeness (QED) is 0.550. The van der Waals surface area contributed by atoms with E-state index < -0.39 is 14.9 Å². The number of hydrogen-bond donors (Lipinski definition) is 2. The SMILES string of the molecule is CC1CCC(NS(=O)(=O)c2ccc(N3CCC(CO)CC3)c([N+](=O)[O-])c2)CC1. The Morgan fingerprint density at radius 2 is 1.82 bits per heavy atom. The summed E-state index contributed by atoms with van der Waals surface area (Å²) in [6, 6.07) is 4.04. The van der Waals surface area contributed by atoms with Crippen LogP contribution in [0, 0.1) is 22.0 Å². The van der Waals surface area contributed by atoms with Gasteiger partial charge in [-0.15, -0.1) is 0 Å². The Kier molecular flexibility index (Phi) is 6.57. The number of rotatable bonds is 6. The molecule has 156 valence electrons. The monoisotopic (exact) mass is 411 g/mol. The van der Waals surface area contributed by atoms with Crippen LogP contribution in [0.4, 0.5) is 11.4 Å². The van der Waals surface area contributed by atoms with Gasteiger partial charge in [-0.1, -0.05) is 6.92 Å². The second-order valence-electron chi connectivity index (χ2n) is 8.10. The van der Waals surface area contributed by atoms with Crippen molar-refractivity contribution in [1.82, 2.24) is 4.72 Å². The summed E-state index contributed by atoms with van der Waals surface area (Å²) in [5, 5.41) is 20.9. The molecule has 0 radical (unpaired) electrons. The topological polar surface area (TPSA) is 113 Å². The van der Waals surface area contributed by atoms with Crippen molar-refractivity contribution < 1.29 is 18.4 Å². The maximum Gasteiger partial charge on any atom is 0.293 e. The molecule has 0 amide bonds. The van der Waals surface area contributed by atoms with Crippen molar-refractivity contribution in [1.29, 1.82) is 0 Å². The highest BCUT2D eigenvalue weighted by atomic mass is 32.2. The minimum Gasteiger partial charge on any atom is -0.396 e. The summed E-state index contributed by atoms with van der Waals surface area (Å²) >= 11 is 0. The number of nitrogens with zero attached hydrogens (tertiary/aromatic N) is 2. The first-order valence-corrected chi connectivity index (χ1v) is 11.4. The van der Waals surface area contributed by atoms with Crippen molar-refractivity contribution in [2.75, 3.05) is 24.6 Å². The average molecular weight is 412 g/mol. The minimum absolute atomic E-state index is 0.0631. The van der Waals surface area contributed by atoms with Crippen LogP contribution in [-0.2, 0) is 10.0 Å². The highest BCUT2D eigenvalue weighted by Crippen LogP contribution is 2.34. The molecule has 2 N–H and O–H groups in total. The van der Waals surface area contributed by atoms with Gasteiger partial charge in [-0.3, -0.25) is 10.1 Å². The Bertz CT molecular complexity index is 798. The molecule has 1 aromatic rings. The molecule has 0 spiro atoms. The summed E-state index contributed by atoms with van der Waals surface area (Å²) in [6.45, 7) is 3.50. The number of aliphatic hydroxyl groups is 1. The van der Waals surface area contributed by atoms with Crippen LogP contribution < -0.4 is 9.62 Å². The number of nitrogens with one attached hydrogen (secondary N) is 1. The van der Waals surface area contributed by atoms with E-state index in [1.165, 1.54) is 18.2 Å². The molecule has 9 heteroatoms. The standard InChI is InChI=1S/C19H29N3O5S/c1-14-2-4-16(5-3-14)20-28(26,27)17-6-7-18(19(12-17)22(24)25)21-10-8-15(13-23)9-11-21/h6-7,12,14-16,20,23H,2-5,8-11,13H2,1H3. The molecule has 1 aliphatic carbocycles. The van der Waals surface area contributed by atoms with E-state index in [1.54, 1.807) is 0 Å². The fourth-order valence-corrected chi connectivity index (χ4v) is 5.43. The van der Waals surface area contributed by atoms with Crippen LogP contribution in [-0.4, -0.2) is 44.2 Å². The molecule has 0 aromatic heterocycles. The molecule has 1 aliphatic heterocycles. The first kappa shape index (κ1) is 21.0. The third kappa shape index (κ3) is 4.82. The third-order valence-corrected chi connectivity index (χ3v) is 7.52. The third-order valence-electron chi connectivity index (χ3n) is 6.00. The number of sulfonamides is 1. The molecule has 28 heavy (non-hydrogen) atoms. The zero-order chi connectivity index (χ0) is 20.3. The summed E-state index contributed by atoms with van der Waals surface area (Å²) < 4.78 is 28.2. The molecular weight excluding hydrogens is 382 g/mol. The first-order valence-electron chi connectivity index (χ1n) is 9.96. The molecule has 1 aromatic carbocycles. The molecule has 3 rings (SSSR count). The Labute approximate surface area is 166 Å². The Hall–Kier alpha value is -1.71. The lowest BCUT2D eigenvalue weighted by Gasteiger charge is -2.32. The van der Waals surface area contributed by atoms with Gasteiger partial charge in [0.25, 0.3) is 5.69 Å². The van der Waals surface area contributed by atoms with E-state index in [0.717, 1.165) is 38.5 Å². The van der Waals surface area contributed by atoms with E-state index >= 15 is 0 Å². The number of nitro benzene ring substituents is 1. The first-order chi connectivity index (χ1) is 13.3. The zero-order valence-electron chi connectivity index (χ0n) is 16.2. The predicted octanol–water partition coefficient (Wildman–Crippen LogP) is 2.66. The van der Waals surface area contributed by atoms with Gasteiger partial charge >= 0.3 is 0 Å². The molecule has 0 bridgehead atoms. The van der Waals surface area contributed by atoms with Gasteiger partial charge in [-0.25, -0.2) is 13.1 Å². The number of hydrogen-bond acceptors (Lipinski definition) is 6. The number of anilines is 1. The van der Waals surface area contributed by atoms with E-state index in [-0.39, 0.29) is 29.1 Å². The van der Waals surface area contributed by atoms with E-state index in [0.29, 0.717) is 24.7 Å². The molecule has 0 unspecified atom stereocenters. The van der Waals surface area contributed by atoms with Crippen molar-refractivity contribution in [2.45, 2.75) is 56.4 Å². The number of nitro groups is 1. The van der Waals surface area contributed by atoms with Crippen molar-refractivity contribution >= 4 is 21.4 Å². The van der Waals surface area contributed by atoms with Gasteiger partial charge in [-0.2, -0.15) is 0 Å². The Balaban J connectivity index is 1.79. The van der Waals surface area contributed by atoms with Gasteiger partial charge in [0.2, 0.25) is 10.0 Å². The van der Waals surface area contributed by atoms with Crippen LogP contribution in [0.15, 0.2) is 23.1 Å². The Morgan fingerprint density at radius 3 is 2.39 bits per heavy atom. The number of benzene rings is 1. The molecular formula is C19H29N3O5S. The van der Waals surface area contributed by atoms with Crippen molar-refractivity contribution in [3.63, 3.8) is 0 Å². The molecule has 1 saturated carbocycles. The van der Waals surface area contributed by atoms with Gasteiger partial charge < -0.3 is 10.0 Å². The van der Waals surface area contributed by atoms with Crippen LogP contribution in [0.25, 0.3) is 0 Å². The summed E-state index contributed by atoms with van der Waals surface area (Å²) in [5.74, 6) is 0.827. The molecule has 2 aliphatic rings. The molecule has 1 saturated heterocycles. The fourth-order valence-electron chi connectivity index (χ4n) is 4.11. The molecule has 0 atom stereocenters. The van der Waals surface area contributed by atoms with Crippen LogP contribution >= 0.6 is 0 Å². The summed E-state index contributed by atoms with van der Waals surface area (Å²) in [7, 11) is -3.80. The highest BCUT2D eigenvalue weighted by molar-refractivity contribution is 7.89. The van der Waals surface area contributed by atoms with Gasteiger partial charge in [0, 0.05) is 31.8 Å². The Morgan fingerprint density at radius 1 is 1.18 bits per heavy atom. The lowest BCUT2D eigenvalue weighted by atomic mass is 9.88. The lowest BCUT2D eigenvalue weighted by Crippen LogP contribution is -2.37. The van der Waals surface area contributed by atoms with Gasteiger partial charge in [-0.05, 0) is 62.5 Å². The zero-order valence-corrected chi connectivity index (χ0v) is 17.0. The van der Waals surface area contributed by atoms with Crippen LogP contribution in [0.5, 0.6) is 0 Å². The van der Waals surface area contributed by atoms with Crippen molar-refractivity contribution in [2.24, 2.45) is 11.8 Å². The van der Waals surface area contributed by atoms with Gasteiger partial charge in [0.1, 0.15) is 5.69 Å². The van der Waals surface area contributed by atoms with Crippen molar-refractivity contribution in [3.8, 4) is 0 Å². The highest BCUT2D eigenvalue weighted by Gasteiger charge is 2.29. The van der Waals surface area contributed by atoms with Gasteiger partial charge in [0.15, 0.2) is 0 Å². The predicted molar refractivity (Wildman–Crippen MR) is 107 cm³/mol. The van der Waals surface area contributed by atoms with E-state index in [2.05, 4.69) is 11.6 Å². The molecule has 8 nitrogen and oxygen atoms in total. The fraction of sp³-hybridized carbons (Fsp3) is 0.684. The minimum atomic E-state index is -3.80.